The molecule has 0 amide bonds. The molecule has 0 aliphatic carbocycles. The summed E-state index contributed by atoms with van der Waals surface area (Å²) < 4.78 is 16.2. The molecule has 1 saturated heterocycles. The van der Waals surface area contributed by atoms with Crippen molar-refractivity contribution in [3.63, 3.8) is 0 Å². The number of ether oxygens (including phenoxy) is 2. The number of rotatable bonds is 4. The maximum absolute atomic E-state index is 12.6. The highest BCUT2D eigenvalue weighted by Gasteiger charge is 2.44. The van der Waals surface area contributed by atoms with Crippen molar-refractivity contribution in [3.8, 4) is 40.1 Å². The van der Waals surface area contributed by atoms with Crippen LogP contribution in [-0.4, -0.2) is 78.2 Å². The number of hydrogen-bond acceptors (Lipinski definition) is 12. The SMILES string of the molecule is O=c1c(O)c(-c2cc(O)ccc2O)oc2cc(O[C@@H]3O[C@H](CO)[C@@H](O)[C@H](O)[C@H]3O)cc(O)c12. The number of phenolic OH excluding ortho intramolecular Hbond substituents is 3. The van der Waals surface area contributed by atoms with E-state index in [4.69, 9.17) is 13.9 Å². The Morgan fingerprint density at radius 2 is 1.64 bits per heavy atom. The fourth-order valence-corrected chi connectivity index (χ4v) is 3.52. The lowest BCUT2D eigenvalue weighted by Crippen LogP contribution is -2.60. The van der Waals surface area contributed by atoms with Gasteiger partial charge in [0.2, 0.25) is 17.5 Å². The van der Waals surface area contributed by atoms with Crippen molar-refractivity contribution < 1.29 is 54.7 Å². The van der Waals surface area contributed by atoms with Crippen LogP contribution in [0.4, 0.5) is 0 Å². The monoisotopic (exact) mass is 464 g/mol. The van der Waals surface area contributed by atoms with E-state index in [1.54, 1.807) is 0 Å². The fourth-order valence-electron chi connectivity index (χ4n) is 3.52. The van der Waals surface area contributed by atoms with Gasteiger partial charge in [0.1, 0.15) is 58.4 Å². The average molecular weight is 464 g/mol. The second-order valence-electron chi connectivity index (χ2n) is 7.44. The first-order chi connectivity index (χ1) is 15.6. The highest BCUT2D eigenvalue weighted by molar-refractivity contribution is 5.88. The van der Waals surface area contributed by atoms with Gasteiger partial charge >= 0.3 is 0 Å². The minimum Gasteiger partial charge on any atom is -0.508 e. The molecule has 176 valence electrons. The Morgan fingerprint density at radius 1 is 0.909 bits per heavy atom. The summed E-state index contributed by atoms with van der Waals surface area (Å²) in [7, 11) is 0. The van der Waals surface area contributed by atoms with Gasteiger partial charge in [0, 0.05) is 12.1 Å². The standard InChI is InChI=1S/C21H20O12/c22-6-13-15(26)17(28)19(30)21(33-13)31-8-4-11(25)14-12(5-8)32-20(18(29)16(14)27)9-3-7(23)1-2-10(9)24/h1-5,13,15,17,19,21-26,28-30H,6H2/t13-,15-,17+,19-,21-/m1/s1. The molecule has 8 N–H and O–H groups in total. The molecule has 4 rings (SSSR count). The van der Waals surface area contributed by atoms with Crippen LogP contribution in [0.1, 0.15) is 0 Å². The topological polar surface area (TPSA) is 211 Å². The molecule has 3 aromatic rings. The van der Waals surface area contributed by atoms with Crippen molar-refractivity contribution in [2.24, 2.45) is 0 Å². The second-order valence-corrected chi connectivity index (χ2v) is 7.44. The molecular weight excluding hydrogens is 444 g/mol. The number of phenols is 3. The van der Waals surface area contributed by atoms with E-state index in [0.29, 0.717) is 0 Å². The predicted molar refractivity (Wildman–Crippen MR) is 109 cm³/mol. The first kappa shape index (κ1) is 22.6. The highest BCUT2D eigenvalue weighted by Crippen LogP contribution is 2.40. The Bertz CT molecular complexity index is 1250. The maximum atomic E-state index is 12.6. The van der Waals surface area contributed by atoms with Crippen LogP contribution in [0.25, 0.3) is 22.3 Å². The fraction of sp³-hybridized carbons (Fsp3) is 0.286. The minimum absolute atomic E-state index is 0.203. The molecule has 33 heavy (non-hydrogen) atoms. The van der Waals surface area contributed by atoms with E-state index in [0.717, 1.165) is 24.3 Å². The van der Waals surface area contributed by atoms with Crippen molar-refractivity contribution in [2.75, 3.05) is 6.61 Å². The third kappa shape index (κ3) is 3.90. The van der Waals surface area contributed by atoms with E-state index in [1.807, 2.05) is 0 Å². The van der Waals surface area contributed by atoms with Crippen molar-refractivity contribution >= 4 is 11.0 Å². The lowest BCUT2D eigenvalue weighted by Gasteiger charge is -2.39. The van der Waals surface area contributed by atoms with E-state index < -0.39 is 71.1 Å². The number of aromatic hydroxyl groups is 4. The minimum atomic E-state index is -1.73. The smallest absolute Gasteiger partial charge is 0.238 e. The molecule has 2 heterocycles. The molecule has 5 atom stereocenters. The third-order valence-corrected chi connectivity index (χ3v) is 5.25. The maximum Gasteiger partial charge on any atom is 0.238 e. The van der Waals surface area contributed by atoms with Crippen molar-refractivity contribution in [3.05, 3.63) is 40.6 Å². The Morgan fingerprint density at radius 3 is 2.33 bits per heavy atom. The Kier molecular flexibility index (Phi) is 5.78. The summed E-state index contributed by atoms with van der Waals surface area (Å²) >= 11 is 0. The second kappa shape index (κ2) is 8.42. The molecule has 1 aliphatic rings. The zero-order valence-electron chi connectivity index (χ0n) is 16.7. The van der Waals surface area contributed by atoms with Crippen LogP contribution in [-0.2, 0) is 4.74 Å². The molecule has 12 nitrogen and oxygen atoms in total. The van der Waals surface area contributed by atoms with Crippen LogP contribution in [0, 0.1) is 0 Å². The van der Waals surface area contributed by atoms with Gasteiger partial charge in [-0.05, 0) is 18.2 Å². The molecule has 1 aromatic heterocycles. The molecule has 1 aliphatic heterocycles. The van der Waals surface area contributed by atoms with Gasteiger partial charge in [-0.25, -0.2) is 0 Å². The van der Waals surface area contributed by atoms with Crippen molar-refractivity contribution in [1.82, 2.24) is 0 Å². The molecule has 12 heteroatoms. The molecule has 0 unspecified atom stereocenters. The van der Waals surface area contributed by atoms with Gasteiger partial charge in [-0.3, -0.25) is 4.79 Å². The van der Waals surface area contributed by atoms with Crippen LogP contribution in [0.15, 0.2) is 39.5 Å². The highest BCUT2D eigenvalue weighted by atomic mass is 16.7. The van der Waals surface area contributed by atoms with Gasteiger partial charge in [0.05, 0.1) is 12.2 Å². The lowest BCUT2D eigenvalue weighted by molar-refractivity contribution is -0.277. The van der Waals surface area contributed by atoms with Crippen LogP contribution < -0.4 is 10.2 Å². The van der Waals surface area contributed by atoms with Gasteiger partial charge < -0.3 is 54.7 Å². The van der Waals surface area contributed by atoms with Gasteiger partial charge in [0.25, 0.3) is 0 Å². The van der Waals surface area contributed by atoms with E-state index >= 15 is 0 Å². The summed E-state index contributed by atoms with van der Waals surface area (Å²) in [6.45, 7) is -0.682. The first-order valence-electron chi connectivity index (χ1n) is 9.64. The van der Waals surface area contributed by atoms with Gasteiger partial charge in [0.15, 0.2) is 5.76 Å². The van der Waals surface area contributed by atoms with Crippen molar-refractivity contribution in [1.29, 1.82) is 0 Å². The molecular formula is C21H20O12. The zero-order valence-corrected chi connectivity index (χ0v) is 16.7. The zero-order chi connectivity index (χ0) is 24.0. The quantitative estimate of drug-likeness (QED) is 0.229. The normalized spacial score (nSPS) is 25.3. The van der Waals surface area contributed by atoms with E-state index in [-0.39, 0.29) is 22.6 Å². The molecule has 0 spiro atoms. The lowest BCUT2D eigenvalue weighted by atomic mass is 9.99. The molecule has 0 saturated carbocycles. The number of fused-ring (bicyclic) bond motifs is 1. The summed E-state index contributed by atoms with van der Waals surface area (Å²) in [4.78, 5) is 12.6. The number of aliphatic hydroxyl groups is 4. The molecule has 0 radical (unpaired) electrons. The van der Waals surface area contributed by atoms with Crippen LogP contribution >= 0.6 is 0 Å². The summed E-state index contributed by atoms with van der Waals surface area (Å²) in [5, 5.41) is 79.1. The largest absolute Gasteiger partial charge is 0.508 e. The summed E-state index contributed by atoms with van der Waals surface area (Å²) in [5.41, 5.74) is -1.53. The summed E-state index contributed by atoms with van der Waals surface area (Å²) in [5.74, 6) is -2.99. The number of hydrogen-bond donors (Lipinski definition) is 8. The Labute approximate surface area is 184 Å². The van der Waals surface area contributed by atoms with Crippen LogP contribution in [0.2, 0.25) is 0 Å². The summed E-state index contributed by atoms with van der Waals surface area (Å²) in [6, 6.07) is 5.41. The van der Waals surface area contributed by atoms with E-state index in [1.165, 1.54) is 6.07 Å². The van der Waals surface area contributed by atoms with Gasteiger partial charge in [-0.15, -0.1) is 0 Å². The van der Waals surface area contributed by atoms with E-state index in [2.05, 4.69) is 0 Å². The number of benzene rings is 2. The van der Waals surface area contributed by atoms with Gasteiger partial charge in [-0.1, -0.05) is 0 Å². The Hall–Kier alpha value is -3.55. The van der Waals surface area contributed by atoms with Crippen molar-refractivity contribution in [2.45, 2.75) is 30.7 Å². The Balaban J connectivity index is 1.78. The first-order valence-corrected chi connectivity index (χ1v) is 9.64. The van der Waals surface area contributed by atoms with Crippen LogP contribution in [0.5, 0.6) is 28.7 Å². The molecule has 1 fully saturated rings. The molecule has 2 aromatic carbocycles. The average Bonchev–Trinajstić information content (AvgIpc) is 2.78. The summed E-state index contributed by atoms with van der Waals surface area (Å²) in [6.07, 6.45) is -7.85. The molecule has 0 bridgehead atoms. The predicted octanol–water partition coefficient (Wildman–Crippen LogP) is -0.539. The third-order valence-electron chi connectivity index (χ3n) is 5.25. The van der Waals surface area contributed by atoms with E-state index in [9.17, 15) is 45.6 Å². The van der Waals surface area contributed by atoms with Gasteiger partial charge in [-0.2, -0.15) is 0 Å². The number of aliphatic hydroxyl groups excluding tert-OH is 4. The van der Waals surface area contributed by atoms with Crippen LogP contribution in [0.3, 0.4) is 0 Å².